The molecule has 1 heterocycles. The van der Waals surface area contributed by atoms with E-state index in [1.54, 1.807) is 0 Å². The Morgan fingerprint density at radius 1 is 1.43 bits per heavy atom. The molecule has 0 aromatic heterocycles. The van der Waals surface area contributed by atoms with E-state index in [1.165, 1.54) is 0 Å². The van der Waals surface area contributed by atoms with Gasteiger partial charge in [0.1, 0.15) is 0 Å². The zero-order valence-electron chi connectivity index (χ0n) is 14.8. The largest absolute Gasteiger partial charge is 0.373 e. The van der Waals surface area contributed by atoms with E-state index in [1.807, 2.05) is 6.92 Å². The Morgan fingerprint density at radius 2 is 2.10 bits per heavy atom. The number of rotatable bonds is 8. The molecule has 1 fully saturated rings. The molecule has 1 aliphatic rings. The van der Waals surface area contributed by atoms with Gasteiger partial charge in [-0.05, 0) is 41.5 Å². The molecule has 0 bridgehead atoms. The van der Waals surface area contributed by atoms with Crippen LogP contribution in [0.1, 0.15) is 55.7 Å². The maximum atomic E-state index is 8.71. The van der Waals surface area contributed by atoms with Gasteiger partial charge in [0.2, 0.25) is 0 Å². The zero-order chi connectivity index (χ0) is 16.7. The molecule has 6 heteroatoms. The van der Waals surface area contributed by atoms with Crippen molar-refractivity contribution in [1.82, 2.24) is 4.67 Å². The fourth-order valence-electron chi connectivity index (χ4n) is 2.44. The van der Waals surface area contributed by atoms with E-state index < -0.39 is 8.53 Å². The van der Waals surface area contributed by atoms with Crippen LogP contribution in [0.3, 0.4) is 0 Å². The average molecular weight is 317 g/mol. The Morgan fingerprint density at radius 3 is 2.62 bits per heavy atom. The number of hydrogen-bond acceptors (Lipinski definition) is 5. The summed E-state index contributed by atoms with van der Waals surface area (Å²) in [6.45, 7) is 11.0. The van der Waals surface area contributed by atoms with Crippen LogP contribution < -0.4 is 0 Å². The highest BCUT2D eigenvalue weighted by atomic mass is 31.2. The molecule has 0 radical (unpaired) electrons. The van der Waals surface area contributed by atoms with Gasteiger partial charge in [-0.3, -0.25) is 0 Å². The molecule has 0 N–H and O–H groups in total. The Kier molecular flexibility index (Phi) is 7.36. The highest BCUT2D eigenvalue weighted by Gasteiger charge is 2.36. The minimum Gasteiger partial charge on any atom is -0.373 e. The molecule has 0 spiro atoms. The number of nitrogens with zero attached hydrogens (tertiary/aromatic N) is 2. The van der Waals surface area contributed by atoms with E-state index in [9.17, 15) is 0 Å². The van der Waals surface area contributed by atoms with E-state index >= 15 is 0 Å². The van der Waals surface area contributed by atoms with Crippen LogP contribution in [-0.2, 0) is 13.8 Å². The van der Waals surface area contributed by atoms with Gasteiger partial charge in [0, 0.05) is 19.9 Å². The summed E-state index contributed by atoms with van der Waals surface area (Å²) in [5, 5.41) is 8.71. The van der Waals surface area contributed by atoms with E-state index in [0.29, 0.717) is 13.0 Å². The molecule has 4 unspecified atom stereocenters. The van der Waals surface area contributed by atoms with Crippen LogP contribution in [0.25, 0.3) is 0 Å². The molecule has 0 saturated carbocycles. The minimum absolute atomic E-state index is 0.110. The molecule has 0 amide bonds. The lowest BCUT2D eigenvalue weighted by Gasteiger charge is -2.37. The first kappa shape index (κ1) is 17.1. The normalized spacial score (nSPS) is 28.1. The highest BCUT2D eigenvalue weighted by molar-refractivity contribution is 7.44. The highest BCUT2D eigenvalue weighted by Crippen LogP contribution is 2.49. The Bertz CT molecular complexity index is 357. The smallest absolute Gasteiger partial charge is 0.259 e. The van der Waals surface area contributed by atoms with Gasteiger partial charge in [-0.25, -0.2) is 4.67 Å². The predicted octanol–water partition coefficient (Wildman–Crippen LogP) is 3.84. The fourth-order valence-corrected chi connectivity index (χ4v) is 4.20. The number of nitriles is 1. The first-order valence-corrected chi connectivity index (χ1v) is 8.73. The Labute approximate surface area is 131 Å². The van der Waals surface area contributed by atoms with Crippen molar-refractivity contribution in [3.05, 3.63) is 0 Å². The third-order valence-electron chi connectivity index (χ3n) is 3.27. The summed E-state index contributed by atoms with van der Waals surface area (Å²) in [6.07, 6.45) is 0.948. The topological polar surface area (TPSA) is 54.7 Å². The van der Waals surface area contributed by atoms with Gasteiger partial charge in [-0.2, -0.15) is 5.26 Å². The van der Waals surface area contributed by atoms with Crippen LogP contribution in [0.15, 0.2) is 0 Å². The van der Waals surface area contributed by atoms with Crippen molar-refractivity contribution in [2.24, 2.45) is 0 Å². The van der Waals surface area contributed by atoms with Crippen LogP contribution in [-0.4, -0.2) is 41.7 Å². The molecule has 5 nitrogen and oxygen atoms in total. The Balaban J connectivity index is 2.78. The summed E-state index contributed by atoms with van der Waals surface area (Å²) in [7, 11) is -1.26. The van der Waals surface area contributed by atoms with Gasteiger partial charge in [-0.15, -0.1) is 0 Å². The average Bonchev–Trinajstić information content (AvgIpc) is 2.78. The summed E-state index contributed by atoms with van der Waals surface area (Å²) < 4.78 is 27.7. The van der Waals surface area contributed by atoms with Crippen LogP contribution in [0.4, 0.5) is 0 Å². The molecule has 4 atom stereocenters. The molecule has 122 valence electrons. The molecule has 1 saturated heterocycles. The maximum Gasteiger partial charge on any atom is 0.259 e. The van der Waals surface area contributed by atoms with Gasteiger partial charge in [0.15, 0.2) is 0 Å². The summed E-state index contributed by atoms with van der Waals surface area (Å²) in [5.41, 5.74) is 0. The molecular formula is C15H29N2O3P. The predicted molar refractivity (Wildman–Crippen MR) is 84.7 cm³/mol. The lowest BCUT2D eigenvalue weighted by Crippen LogP contribution is -2.35. The number of ether oxygens (including phenoxy) is 1. The second kappa shape index (κ2) is 9.02. The summed E-state index contributed by atoms with van der Waals surface area (Å²) in [4.78, 5) is 0. The molecule has 0 aromatic carbocycles. The van der Waals surface area contributed by atoms with Crippen molar-refractivity contribution in [3.63, 3.8) is 0 Å². The monoisotopic (exact) mass is 317 g/mol. The van der Waals surface area contributed by atoms with E-state index in [2.05, 4.69) is 38.4 Å². The van der Waals surface area contributed by atoms with E-state index in [4.69, 9.17) is 20.4 Å². The summed E-state index contributed by atoms with van der Waals surface area (Å²) in [6, 6.07) is 2.66. The first-order valence-electron chi connectivity index (χ1n) is 8.31. The number of hydrogen-bond donors (Lipinski definition) is 0. The van der Waals surface area contributed by atoms with Crippen molar-refractivity contribution in [3.8, 4) is 6.07 Å². The molecule has 21 heavy (non-hydrogen) atoms. The van der Waals surface area contributed by atoms with Gasteiger partial charge < -0.3 is 13.8 Å². The quantitative estimate of drug-likeness (QED) is 0.503. The van der Waals surface area contributed by atoms with Crippen molar-refractivity contribution < 1.29 is 15.2 Å². The van der Waals surface area contributed by atoms with Gasteiger partial charge in [0.05, 0.1) is 37.4 Å². The molecule has 0 aliphatic carbocycles. The standard InChI is InChI=1S/C15H29N2O3P/c1-11(2)17(12(3)4)21(18-9-7-8-16)20-15-10-13(5)19-14(15)6/h11-15H,7,9-10H2,1-6H3/i6D. The lowest BCUT2D eigenvalue weighted by atomic mass is 10.2. The first-order chi connectivity index (χ1) is 10.4. The van der Waals surface area contributed by atoms with Crippen molar-refractivity contribution in [1.29, 1.82) is 5.26 Å². The van der Waals surface area contributed by atoms with Crippen LogP contribution in [0.2, 0.25) is 0 Å². The Hall–Kier alpha value is -0.240. The lowest BCUT2D eigenvalue weighted by molar-refractivity contribution is 0.0297. The maximum absolute atomic E-state index is 8.71. The third kappa shape index (κ3) is 5.81. The SMILES string of the molecule is [2H]CC1OC(C)CC1OP(OCCC#N)N(C(C)C)C(C)C. The van der Waals surface area contributed by atoms with Crippen molar-refractivity contribution in [2.45, 2.75) is 84.8 Å². The zero-order valence-corrected chi connectivity index (χ0v) is 14.7. The van der Waals surface area contributed by atoms with E-state index in [-0.39, 0.29) is 37.3 Å². The van der Waals surface area contributed by atoms with Gasteiger partial charge in [-0.1, -0.05) is 0 Å². The second-order valence-corrected chi connectivity index (χ2v) is 7.32. The molecule has 1 rings (SSSR count). The second-order valence-electron chi connectivity index (χ2n) is 5.91. The van der Waals surface area contributed by atoms with Crippen LogP contribution in [0.5, 0.6) is 0 Å². The molecule has 0 aromatic rings. The van der Waals surface area contributed by atoms with Gasteiger partial charge in [0.25, 0.3) is 8.53 Å². The van der Waals surface area contributed by atoms with Crippen LogP contribution >= 0.6 is 8.53 Å². The van der Waals surface area contributed by atoms with E-state index in [0.717, 1.165) is 6.42 Å². The molecular weight excluding hydrogens is 287 g/mol. The summed E-state index contributed by atoms with van der Waals surface area (Å²) >= 11 is 0. The minimum atomic E-state index is -1.26. The van der Waals surface area contributed by atoms with Crippen LogP contribution in [0, 0.1) is 11.3 Å². The van der Waals surface area contributed by atoms with Gasteiger partial charge >= 0.3 is 0 Å². The van der Waals surface area contributed by atoms with Crippen molar-refractivity contribution >= 4 is 8.53 Å². The third-order valence-corrected chi connectivity index (χ3v) is 5.43. The molecule has 1 aliphatic heterocycles. The van der Waals surface area contributed by atoms with Crippen molar-refractivity contribution in [2.75, 3.05) is 6.61 Å². The fraction of sp³-hybridized carbons (Fsp3) is 0.933. The summed E-state index contributed by atoms with van der Waals surface area (Å²) in [5.74, 6) is 0.